The number of ether oxygens (including phenoxy) is 2. The highest BCUT2D eigenvalue weighted by Crippen LogP contribution is 2.48. The first-order valence-corrected chi connectivity index (χ1v) is 9.08. The lowest BCUT2D eigenvalue weighted by molar-refractivity contribution is -0.118. The maximum Gasteiger partial charge on any atom is 0.244 e. The minimum Gasteiger partial charge on any atom is -0.497 e. The van der Waals surface area contributed by atoms with E-state index in [0.717, 1.165) is 41.9 Å². The number of nitrogens with one attached hydrogen (secondary N) is 1. The summed E-state index contributed by atoms with van der Waals surface area (Å²) in [6.07, 6.45) is 7.57. The Labute approximate surface area is 153 Å². The number of fused-ring (bicyclic) bond motifs is 1. The predicted molar refractivity (Wildman–Crippen MR) is 101 cm³/mol. The Balaban J connectivity index is 1.47. The van der Waals surface area contributed by atoms with Gasteiger partial charge in [0, 0.05) is 18.1 Å². The summed E-state index contributed by atoms with van der Waals surface area (Å²) in [5.41, 5.74) is 1.94. The molecular weight excluding hydrogens is 326 g/mol. The van der Waals surface area contributed by atoms with E-state index in [9.17, 15) is 4.79 Å². The van der Waals surface area contributed by atoms with E-state index in [-0.39, 0.29) is 17.6 Å². The van der Waals surface area contributed by atoms with Crippen molar-refractivity contribution in [3.8, 4) is 11.5 Å². The molecule has 1 amide bonds. The van der Waals surface area contributed by atoms with E-state index in [2.05, 4.69) is 5.32 Å². The predicted octanol–water partition coefficient (Wildman–Crippen LogP) is 4.27. The second kappa shape index (κ2) is 6.87. The van der Waals surface area contributed by atoms with Gasteiger partial charge in [0.15, 0.2) is 0 Å². The number of amides is 1. The van der Waals surface area contributed by atoms with Crippen LogP contribution in [0, 0.1) is 0 Å². The maximum absolute atomic E-state index is 12.5. The lowest BCUT2D eigenvalue weighted by atomic mass is 9.73. The number of benzene rings is 2. The molecule has 1 atom stereocenters. The molecule has 134 valence electrons. The van der Waals surface area contributed by atoms with Crippen LogP contribution in [0.2, 0.25) is 0 Å². The van der Waals surface area contributed by atoms with E-state index in [1.165, 1.54) is 6.42 Å². The lowest BCUT2D eigenvalue weighted by Crippen LogP contribution is -2.49. The van der Waals surface area contributed by atoms with E-state index in [4.69, 9.17) is 9.47 Å². The van der Waals surface area contributed by atoms with Crippen molar-refractivity contribution in [3.05, 3.63) is 65.7 Å². The Morgan fingerprint density at radius 1 is 1.19 bits per heavy atom. The molecule has 1 aliphatic heterocycles. The number of hydrogen-bond donors (Lipinski definition) is 1. The van der Waals surface area contributed by atoms with Crippen LogP contribution >= 0.6 is 0 Å². The van der Waals surface area contributed by atoms with Crippen molar-refractivity contribution in [2.45, 2.75) is 37.3 Å². The van der Waals surface area contributed by atoms with E-state index in [1.54, 1.807) is 13.2 Å². The van der Waals surface area contributed by atoms with Crippen LogP contribution in [0.25, 0.3) is 6.08 Å². The molecule has 0 bridgehead atoms. The highest BCUT2D eigenvalue weighted by Gasteiger charge is 2.45. The van der Waals surface area contributed by atoms with E-state index >= 15 is 0 Å². The van der Waals surface area contributed by atoms with Crippen molar-refractivity contribution in [2.75, 3.05) is 7.11 Å². The Bertz CT molecular complexity index is 822. The first-order valence-electron chi connectivity index (χ1n) is 9.08. The van der Waals surface area contributed by atoms with Gasteiger partial charge in [-0.05, 0) is 49.1 Å². The number of carbonyl (C=O) groups excluding carboxylic acids is 1. The minimum absolute atomic E-state index is 0.00623. The second-order valence-corrected chi connectivity index (χ2v) is 7.05. The van der Waals surface area contributed by atoms with Gasteiger partial charge in [-0.2, -0.15) is 0 Å². The van der Waals surface area contributed by atoms with Crippen LogP contribution in [0.15, 0.2) is 54.6 Å². The molecule has 26 heavy (non-hydrogen) atoms. The minimum atomic E-state index is -0.0913. The van der Waals surface area contributed by atoms with Gasteiger partial charge in [-0.25, -0.2) is 0 Å². The van der Waals surface area contributed by atoms with Crippen LogP contribution in [0.5, 0.6) is 11.5 Å². The molecule has 4 rings (SSSR count). The van der Waals surface area contributed by atoms with Crippen molar-refractivity contribution in [1.29, 1.82) is 0 Å². The summed E-state index contributed by atoms with van der Waals surface area (Å²) >= 11 is 0. The van der Waals surface area contributed by atoms with Gasteiger partial charge >= 0.3 is 0 Å². The van der Waals surface area contributed by atoms with Crippen molar-refractivity contribution in [3.63, 3.8) is 0 Å². The lowest BCUT2D eigenvalue weighted by Gasteiger charge is -2.47. The second-order valence-electron chi connectivity index (χ2n) is 7.05. The molecule has 2 aliphatic rings. The van der Waals surface area contributed by atoms with Crippen molar-refractivity contribution in [2.24, 2.45) is 0 Å². The molecule has 1 saturated carbocycles. The summed E-state index contributed by atoms with van der Waals surface area (Å²) in [6, 6.07) is 15.6. The van der Waals surface area contributed by atoms with Crippen LogP contribution < -0.4 is 14.8 Å². The summed E-state index contributed by atoms with van der Waals surface area (Å²) in [5, 5.41) is 3.16. The largest absolute Gasteiger partial charge is 0.497 e. The number of rotatable bonds is 4. The third-order valence-corrected chi connectivity index (χ3v) is 5.32. The molecule has 1 aliphatic carbocycles. The maximum atomic E-state index is 12.5. The van der Waals surface area contributed by atoms with Gasteiger partial charge in [0.05, 0.1) is 13.2 Å². The van der Waals surface area contributed by atoms with Crippen LogP contribution in [0.4, 0.5) is 0 Å². The first kappa shape index (κ1) is 16.7. The quantitative estimate of drug-likeness (QED) is 0.839. The fourth-order valence-corrected chi connectivity index (χ4v) is 3.73. The van der Waals surface area contributed by atoms with Gasteiger partial charge in [0.25, 0.3) is 0 Å². The molecule has 1 unspecified atom stereocenters. The molecule has 0 aromatic heterocycles. The summed E-state index contributed by atoms with van der Waals surface area (Å²) in [7, 11) is 1.64. The topological polar surface area (TPSA) is 47.6 Å². The molecule has 1 fully saturated rings. The molecule has 1 spiro atoms. The SMILES string of the molecule is COc1ccc(/C=C/C(=O)NC2CC3(CCC3)Oc3ccccc32)cc1. The average molecular weight is 349 g/mol. The Morgan fingerprint density at radius 2 is 1.96 bits per heavy atom. The summed E-state index contributed by atoms with van der Waals surface area (Å²) in [5.74, 6) is 1.62. The average Bonchev–Trinajstić information content (AvgIpc) is 2.65. The normalized spacial score (nSPS) is 20.1. The summed E-state index contributed by atoms with van der Waals surface area (Å²) < 4.78 is 11.4. The summed E-state index contributed by atoms with van der Waals surface area (Å²) in [6.45, 7) is 0. The van der Waals surface area contributed by atoms with E-state index < -0.39 is 0 Å². The van der Waals surface area contributed by atoms with Gasteiger partial charge in [0.1, 0.15) is 17.1 Å². The Morgan fingerprint density at radius 3 is 2.65 bits per heavy atom. The van der Waals surface area contributed by atoms with Crippen LogP contribution in [-0.4, -0.2) is 18.6 Å². The molecule has 2 aromatic carbocycles. The smallest absolute Gasteiger partial charge is 0.244 e. The van der Waals surface area contributed by atoms with Gasteiger partial charge < -0.3 is 14.8 Å². The van der Waals surface area contributed by atoms with Gasteiger partial charge in [-0.15, -0.1) is 0 Å². The zero-order chi connectivity index (χ0) is 18.0. The molecule has 1 heterocycles. The van der Waals surface area contributed by atoms with Crippen molar-refractivity contribution >= 4 is 12.0 Å². The zero-order valence-corrected chi connectivity index (χ0v) is 14.9. The molecule has 4 nitrogen and oxygen atoms in total. The van der Waals surface area contributed by atoms with Crippen molar-refractivity contribution < 1.29 is 14.3 Å². The zero-order valence-electron chi connectivity index (χ0n) is 14.9. The fourth-order valence-electron chi connectivity index (χ4n) is 3.73. The molecule has 0 saturated heterocycles. The van der Waals surface area contributed by atoms with Crippen LogP contribution in [0.1, 0.15) is 42.9 Å². The van der Waals surface area contributed by atoms with E-state index in [0.29, 0.717) is 0 Å². The van der Waals surface area contributed by atoms with E-state index in [1.807, 2.05) is 54.6 Å². The van der Waals surface area contributed by atoms with Crippen LogP contribution in [0.3, 0.4) is 0 Å². The van der Waals surface area contributed by atoms with Gasteiger partial charge in [-0.1, -0.05) is 30.3 Å². The standard InChI is InChI=1S/C22H23NO3/c1-25-17-10-7-16(8-11-17)9-12-21(24)23-19-15-22(13-4-14-22)26-20-6-3-2-5-18(19)20/h2-3,5-12,19H,4,13-15H2,1H3,(H,23,24)/b12-9+. The number of hydrogen-bond acceptors (Lipinski definition) is 3. The highest BCUT2D eigenvalue weighted by atomic mass is 16.5. The first-order chi connectivity index (χ1) is 12.7. The van der Waals surface area contributed by atoms with Crippen LogP contribution in [-0.2, 0) is 4.79 Å². The molecular formula is C22H23NO3. The Hall–Kier alpha value is -2.75. The third-order valence-electron chi connectivity index (χ3n) is 5.32. The highest BCUT2D eigenvalue weighted by molar-refractivity contribution is 5.92. The van der Waals surface area contributed by atoms with Gasteiger partial charge in [0.2, 0.25) is 5.91 Å². The van der Waals surface area contributed by atoms with Crippen molar-refractivity contribution in [1.82, 2.24) is 5.32 Å². The number of para-hydroxylation sites is 1. The number of carbonyl (C=O) groups is 1. The molecule has 0 radical (unpaired) electrons. The molecule has 4 heteroatoms. The summed E-state index contributed by atoms with van der Waals surface area (Å²) in [4.78, 5) is 12.5. The monoisotopic (exact) mass is 349 g/mol. The molecule has 1 N–H and O–H groups in total. The fraction of sp³-hybridized carbons (Fsp3) is 0.318. The van der Waals surface area contributed by atoms with Gasteiger partial charge in [-0.3, -0.25) is 4.79 Å². The Kier molecular flexibility index (Phi) is 4.41. The molecule has 2 aromatic rings. The third kappa shape index (κ3) is 3.32. The number of methoxy groups -OCH3 is 1.